The number of alkyl halides is 3. The summed E-state index contributed by atoms with van der Waals surface area (Å²) in [6.45, 7) is 0. The Morgan fingerprint density at radius 3 is 2.76 bits per heavy atom. The highest BCUT2D eigenvalue weighted by molar-refractivity contribution is 9.10. The minimum absolute atomic E-state index is 0.0423. The van der Waals surface area contributed by atoms with Gasteiger partial charge in [0, 0.05) is 4.47 Å². The molecule has 0 aromatic carbocycles. The fraction of sp³-hybridized carbons (Fsp3) is 0.400. The van der Waals surface area contributed by atoms with Crippen LogP contribution < -0.4 is 0 Å². The maximum Gasteiger partial charge on any atom is 0.310 e. The average Bonchev–Trinajstić information content (AvgIpc) is 2.28. The molecular weight excluding hydrogens is 319 g/mol. The number of halogens is 4. The molecule has 0 unspecified atom stereocenters. The summed E-state index contributed by atoms with van der Waals surface area (Å²) in [5, 5.41) is 0. The molecule has 1 heterocycles. The second-order valence-electron chi connectivity index (χ2n) is 3.15. The molecule has 0 atom stereocenters. The molecule has 0 spiro atoms. The van der Waals surface area contributed by atoms with E-state index in [0.717, 1.165) is 0 Å². The third-order valence-electron chi connectivity index (χ3n) is 2.07. The van der Waals surface area contributed by atoms with Gasteiger partial charge in [0.15, 0.2) is 0 Å². The van der Waals surface area contributed by atoms with Crippen LogP contribution in [0.5, 0.6) is 0 Å². The van der Waals surface area contributed by atoms with Crippen LogP contribution in [-0.4, -0.2) is 18.1 Å². The van der Waals surface area contributed by atoms with Gasteiger partial charge < -0.3 is 4.74 Å². The van der Waals surface area contributed by atoms with Crippen LogP contribution in [0.3, 0.4) is 0 Å². The summed E-state index contributed by atoms with van der Waals surface area (Å²) >= 11 is 8.60. The number of pyridine rings is 1. The summed E-state index contributed by atoms with van der Waals surface area (Å²) in [4.78, 5) is 14.9. The van der Waals surface area contributed by atoms with Crippen molar-refractivity contribution in [1.29, 1.82) is 0 Å². The molecule has 0 aliphatic heterocycles. The van der Waals surface area contributed by atoms with E-state index < -0.39 is 12.4 Å². The lowest BCUT2D eigenvalue weighted by Gasteiger charge is -2.10. The van der Waals surface area contributed by atoms with Crippen molar-refractivity contribution in [2.75, 3.05) is 7.11 Å². The van der Waals surface area contributed by atoms with Crippen molar-refractivity contribution < 1.29 is 18.3 Å². The van der Waals surface area contributed by atoms with Crippen molar-refractivity contribution >= 4 is 33.5 Å². The Kier molecular flexibility index (Phi) is 5.27. The van der Waals surface area contributed by atoms with E-state index in [0.29, 0.717) is 5.56 Å². The average molecular weight is 329 g/mol. The molecule has 1 rings (SSSR count). The van der Waals surface area contributed by atoms with Crippen LogP contribution in [0.2, 0.25) is 0 Å². The molecule has 17 heavy (non-hydrogen) atoms. The van der Waals surface area contributed by atoms with E-state index in [4.69, 9.17) is 11.6 Å². The molecule has 0 saturated carbocycles. The van der Waals surface area contributed by atoms with E-state index in [9.17, 15) is 13.6 Å². The molecule has 0 bridgehead atoms. The number of ether oxygens (including phenoxy) is 1. The van der Waals surface area contributed by atoms with E-state index in [1.807, 2.05) is 0 Å². The molecule has 94 valence electrons. The number of methoxy groups -OCH3 is 1. The Morgan fingerprint density at radius 2 is 2.29 bits per heavy atom. The van der Waals surface area contributed by atoms with Gasteiger partial charge in [-0.05, 0) is 27.6 Å². The molecule has 1 aromatic heterocycles. The smallest absolute Gasteiger partial charge is 0.310 e. The highest BCUT2D eigenvalue weighted by atomic mass is 79.9. The fourth-order valence-corrected chi connectivity index (χ4v) is 2.00. The number of nitrogens with zero attached hydrogens (tertiary/aromatic N) is 1. The number of carbonyl (C=O) groups is 1. The second kappa shape index (κ2) is 6.26. The Labute approximate surface area is 110 Å². The summed E-state index contributed by atoms with van der Waals surface area (Å²) < 4.78 is 29.8. The molecule has 7 heteroatoms. The van der Waals surface area contributed by atoms with Crippen molar-refractivity contribution in [1.82, 2.24) is 4.98 Å². The first kappa shape index (κ1) is 14.3. The maximum atomic E-state index is 12.6. The Hall–Kier alpha value is -0.750. The van der Waals surface area contributed by atoms with Crippen LogP contribution >= 0.6 is 27.5 Å². The van der Waals surface area contributed by atoms with Gasteiger partial charge in [-0.2, -0.15) is 0 Å². The summed E-state index contributed by atoms with van der Waals surface area (Å²) in [5.74, 6) is -0.519. The number of hydrogen-bond donors (Lipinski definition) is 0. The highest BCUT2D eigenvalue weighted by Crippen LogP contribution is 2.28. The lowest BCUT2D eigenvalue weighted by Crippen LogP contribution is -2.09. The molecule has 0 aliphatic rings. The molecule has 3 nitrogen and oxygen atoms in total. The van der Waals surface area contributed by atoms with Crippen LogP contribution in [0.25, 0.3) is 0 Å². The normalized spacial score (nSPS) is 10.7. The van der Waals surface area contributed by atoms with Gasteiger partial charge in [-0.25, -0.2) is 13.8 Å². The second-order valence-corrected chi connectivity index (χ2v) is 4.27. The van der Waals surface area contributed by atoms with Gasteiger partial charge in [0.1, 0.15) is 5.69 Å². The van der Waals surface area contributed by atoms with E-state index in [2.05, 4.69) is 25.7 Å². The molecule has 0 N–H and O–H groups in total. The van der Waals surface area contributed by atoms with Crippen LogP contribution in [0.4, 0.5) is 8.78 Å². The number of carbonyl (C=O) groups excluding carboxylic acids is 1. The number of rotatable bonds is 4. The van der Waals surface area contributed by atoms with E-state index in [1.54, 1.807) is 0 Å². The molecule has 0 radical (unpaired) electrons. The lowest BCUT2D eigenvalue weighted by atomic mass is 10.1. The zero-order valence-corrected chi connectivity index (χ0v) is 11.2. The summed E-state index contributed by atoms with van der Waals surface area (Å²) in [5.41, 5.74) is 0.355. The van der Waals surface area contributed by atoms with Gasteiger partial charge in [-0.1, -0.05) is 0 Å². The third-order valence-corrected chi connectivity index (χ3v) is 2.96. The van der Waals surface area contributed by atoms with Crippen molar-refractivity contribution in [2.45, 2.75) is 18.7 Å². The van der Waals surface area contributed by atoms with Gasteiger partial charge in [0.25, 0.3) is 6.43 Å². The zero-order valence-electron chi connectivity index (χ0n) is 8.84. The van der Waals surface area contributed by atoms with Crippen LogP contribution in [-0.2, 0) is 21.8 Å². The summed E-state index contributed by atoms with van der Waals surface area (Å²) in [6.07, 6.45) is -2.74. The topological polar surface area (TPSA) is 39.2 Å². The van der Waals surface area contributed by atoms with Crippen LogP contribution in [0.1, 0.15) is 23.4 Å². The van der Waals surface area contributed by atoms with Gasteiger partial charge >= 0.3 is 5.97 Å². The van der Waals surface area contributed by atoms with Gasteiger partial charge in [0.2, 0.25) is 0 Å². The summed E-state index contributed by atoms with van der Waals surface area (Å²) in [7, 11) is 1.25. The van der Waals surface area contributed by atoms with E-state index in [1.165, 1.54) is 13.2 Å². The monoisotopic (exact) mass is 327 g/mol. The molecule has 0 aliphatic carbocycles. The van der Waals surface area contributed by atoms with Gasteiger partial charge in [0.05, 0.1) is 25.1 Å². The molecular formula is C10H9BrClF2NO2. The largest absolute Gasteiger partial charge is 0.469 e. The molecule has 0 amide bonds. The van der Waals surface area contributed by atoms with Crippen molar-refractivity contribution in [3.05, 3.63) is 27.5 Å². The minimum Gasteiger partial charge on any atom is -0.469 e. The van der Waals surface area contributed by atoms with Gasteiger partial charge in [-0.15, -0.1) is 11.6 Å². The number of aromatic nitrogens is 1. The first-order chi connectivity index (χ1) is 7.99. The predicted octanol–water partition coefficient (Wildman–Crippen LogP) is 3.24. The minimum atomic E-state index is -2.70. The van der Waals surface area contributed by atoms with Crippen LogP contribution in [0.15, 0.2) is 10.5 Å². The number of hydrogen-bond acceptors (Lipinski definition) is 3. The third kappa shape index (κ3) is 3.61. The van der Waals surface area contributed by atoms with Gasteiger partial charge in [-0.3, -0.25) is 4.79 Å². The lowest BCUT2D eigenvalue weighted by molar-refractivity contribution is -0.139. The highest BCUT2D eigenvalue weighted by Gasteiger charge is 2.18. The SMILES string of the molecule is COC(=O)Cc1cc(Br)c(C(F)F)nc1CCl. The molecule has 0 fully saturated rings. The first-order valence-corrected chi connectivity index (χ1v) is 5.91. The van der Waals surface area contributed by atoms with Crippen molar-refractivity contribution in [2.24, 2.45) is 0 Å². The Bertz CT molecular complexity index is 429. The predicted molar refractivity (Wildman–Crippen MR) is 62.2 cm³/mol. The zero-order chi connectivity index (χ0) is 13.0. The van der Waals surface area contributed by atoms with Crippen molar-refractivity contribution in [3.8, 4) is 0 Å². The van der Waals surface area contributed by atoms with E-state index in [-0.39, 0.29) is 28.2 Å². The fourth-order valence-electron chi connectivity index (χ4n) is 1.23. The molecule has 1 aromatic rings. The first-order valence-electron chi connectivity index (χ1n) is 4.58. The van der Waals surface area contributed by atoms with Crippen molar-refractivity contribution in [3.63, 3.8) is 0 Å². The maximum absolute atomic E-state index is 12.6. The van der Waals surface area contributed by atoms with Crippen LogP contribution in [0, 0.1) is 0 Å². The standard InChI is InChI=1S/C10H9BrClF2NO2/c1-17-8(16)3-5-2-6(11)9(10(13)14)15-7(5)4-12/h2,10H,3-4H2,1H3. The van der Waals surface area contributed by atoms with E-state index >= 15 is 0 Å². The molecule has 0 saturated heterocycles. The quantitative estimate of drug-likeness (QED) is 0.629. The Morgan fingerprint density at radius 1 is 1.65 bits per heavy atom. The summed E-state index contributed by atoms with van der Waals surface area (Å²) in [6, 6.07) is 1.42. The Balaban J connectivity index is 3.14. The number of esters is 1.